The lowest BCUT2D eigenvalue weighted by Gasteiger charge is -2.19. The Bertz CT molecular complexity index is 981. The van der Waals surface area contributed by atoms with Crippen LogP contribution in [0, 0.1) is 13.8 Å². The molecule has 4 rings (SSSR count). The smallest absolute Gasteiger partial charge is 0.257 e. The molecule has 0 aliphatic carbocycles. The molecule has 0 unspecified atom stereocenters. The summed E-state index contributed by atoms with van der Waals surface area (Å²) in [5.41, 5.74) is 7.20. The molecule has 130 valence electrons. The fourth-order valence-corrected chi connectivity index (χ4v) is 3.33. The Morgan fingerprint density at radius 3 is 2.73 bits per heavy atom. The number of anilines is 3. The highest BCUT2D eigenvalue weighted by Gasteiger charge is 2.21. The Hall–Kier alpha value is -3.14. The van der Waals surface area contributed by atoms with Crippen LogP contribution in [0.4, 0.5) is 17.1 Å². The second-order valence-corrected chi connectivity index (χ2v) is 6.72. The van der Waals surface area contributed by atoms with Crippen molar-refractivity contribution in [2.24, 2.45) is 0 Å². The first kappa shape index (κ1) is 16.3. The van der Waals surface area contributed by atoms with Crippen LogP contribution in [0.5, 0.6) is 0 Å². The molecule has 3 aromatic rings. The molecule has 4 nitrogen and oxygen atoms in total. The van der Waals surface area contributed by atoms with Gasteiger partial charge in [-0.3, -0.25) is 9.78 Å². The van der Waals surface area contributed by atoms with E-state index in [1.807, 2.05) is 43.5 Å². The summed E-state index contributed by atoms with van der Waals surface area (Å²) in [5.74, 6) is -0.143. The molecule has 1 aromatic heterocycles. The average Bonchev–Trinajstić information content (AvgIpc) is 3.09. The van der Waals surface area contributed by atoms with Gasteiger partial charge >= 0.3 is 0 Å². The molecule has 1 N–H and O–H groups in total. The Morgan fingerprint density at radius 2 is 1.88 bits per heavy atom. The molecule has 2 aromatic carbocycles. The Balaban J connectivity index is 1.58. The van der Waals surface area contributed by atoms with Gasteiger partial charge in [-0.25, -0.2) is 0 Å². The van der Waals surface area contributed by atoms with Crippen LogP contribution in [0.15, 0.2) is 60.9 Å². The minimum atomic E-state index is -0.143. The Morgan fingerprint density at radius 1 is 1.04 bits per heavy atom. The second-order valence-electron chi connectivity index (χ2n) is 6.72. The first-order valence-electron chi connectivity index (χ1n) is 8.81. The molecular formula is C22H21N3O. The topological polar surface area (TPSA) is 45.2 Å². The van der Waals surface area contributed by atoms with Crippen molar-refractivity contribution in [1.82, 2.24) is 4.98 Å². The fourth-order valence-electron chi connectivity index (χ4n) is 3.33. The van der Waals surface area contributed by atoms with E-state index in [1.54, 1.807) is 6.20 Å². The van der Waals surface area contributed by atoms with Crippen LogP contribution in [0.25, 0.3) is 0 Å². The summed E-state index contributed by atoms with van der Waals surface area (Å²) < 4.78 is 0. The number of aromatic nitrogens is 1. The SMILES string of the molecule is Cc1ccc(NC(=O)c2cncc(N3CCc4ccccc43)c2)cc1C. The number of para-hydroxylation sites is 1. The molecule has 2 heterocycles. The van der Waals surface area contributed by atoms with Gasteiger partial charge in [-0.05, 0) is 61.2 Å². The molecule has 0 fully saturated rings. The third kappa shape index (κ3) is 3.06. The predicted octanol–water partition coefficient (Wildman–Crippen LogP) is 4.64. The molecule has 0 spiro atoms. The highest BCUT2D eigenvalue weighted by Crippen LogP contribution is 2.34. The quantitative estimate of drug-likeness (QED) is 0.753. The number of amides is 1. The fraction of sp³-hybridized carbons (Fsp3) is 0.182. The maximum atomic E-state index is 12.7. The minimum Gasteiger partial charge on any atom is -0.340 e. The van der Waals surface area contributed by atoms with E-state index in [2.05, 4.69) is 40.3 Å². The van der Waals surface area contributed by atoms with Crippen molar-refractivity contribution in [1.29, 1.82) is 0 Å². The summed E-state index contributed by atoms with van der Waals surface area (Å²) in [4.78, 5) is 19.2. The number of benzene rings is 2. The van der Waals surface area contributed by atoms with Gasteiger partial charge in [-0.2, -0.15) is 0 Å². The van der Waals surface area contributed by atoms with Crippen LogP contribution in [0.1, 0.15) is 27.0 Å². The number of rotatable bonds is 3. The van der Waals surface area contributed by atoms with Crippen molar-refractivity contribution < 1.29 is 4.79 Å². The van der Waals surface area contributed by atoms with Crippen molar-refractivity contribution in [3.63, 3.8) is 0 Å². The third-order valence-corrected chi connectivity index (χ3v) is 4.95. The number of pyridine rings is 1. The van der Waals surface area contributed by atoms with E-state index in [-0.39, 0.29) is 5.91 Å². The molecule has 26 heavy (non-hydrogen) atoms. The van der Waals surface area contributed by atoms with Gasteiger partial charge in [0.05, 0.1) is 17.4 Å². The van der Waals surface area contributed by atoms with Crippen LogP contribution in [0.3, 0.4) is 0 Å². The van der Waals surface area contributed by atoms with Crippen molar-refractivity contribution in [3.8, 4) is 0 Å². The van der Waals surface area contributed by atoms with Gasteiger partial charge in [0, 0.05) is 24.1 Å². The molecule has 0 saturated carbocycles. The number of carbonyl (C=O) groups excluding carboxylic acids is 1. The van der Waals surface area contributed by atoms with Gasteiger partial charge in [0.25, 0.3) is 5.91 Å². The largest absolute Gasteiger partial charge is 0.340 e. The third-order valence-electron chi connectivity index (χ3n) is 4.95. The van der Waals surface area contributed by atoms with E-state index in [4.69, 9.17) is 0 Å². The predicted molar refractivity (Wildman–Crippen MR) is 105 cm³/mol. The van der Waals surface area contributed by atoms with E-state index < -0.39 is 0 Å². The number of hydrogen-bond acceptors (Lipinski definition) is 3. The number of hydrogen-bond donors (Lipinski definition) is 1. The minimum absolute atomic E-state index is 0.143. The van der Waals surface area contributed by atoms with Crippen LogP contribution >= 0.6 is 0 Å². The lowest BCUT2D eigenvalue weighted by Crippen LogP contribution is -2.16. The zero-order chi connectivity index (χ0) is 18.1. The maximum Gasteiger partial charge on any atom is 0.257 e. The zero-order valence-corrected chi connectivity index (χ0v) is 15.0. The van der Waals surface area contributed by atoms with E-state index in [0.717, 1.165) is 29.9 Å². The van der Waals surface area contributed by atoms with E-state index in [1.165, 1.54) is 16.8 Å². The summed E-state index contributed by atoms with van der Waals surface area (Å²) >= 11 is 0. The number of aryl methyl sites for hydroxylation is 2. The summed E-state index contributed by atoms with van der Waals surface area (Å²) in [6.07, 6.45) is 4.44. The van der Waals surface area contributed by atoms with Crippen molar-refractivity contribution in [2.45, 2.75) is 20.3 Å². The standard InChI is InChI=1S/C22H21N3O/c1-15-7-8-19(11-16(15)2)24-22(26)18-12-20(14-23-13-18)25-10-9-17-5-3-4-6-21(17)25/h3-8,11-14H,9-10H2,1-2H3,(H,24,26). The zero-order valence-electron chi connectivity index (χ0n) is 15.0. The lowest BCUT2D eigenvalue weighted by molar-refractivity contribution is 0.102. The molecule has 1 aliphatic heterocycles. The Kier molecular flexibility index (Phi) is 4.17. The highest BCUT2D eigenvalue weighted by molar-refractivity contribution is 6.04. The van der Waals surface area contributed by atoms with Crippen molar-refractivity contribution in [3.05, 3.63) is 83.2 Å². The van der Waals surface area contributed by atoms with Gasteiger partial charge in [0.1, 0.15) is 0 Å². The summed E-state index contributed by atoms with van der Waals surface area (Å²) in [6.45, 7) is 5.00. The first-order valence-corrected chi connectivity index (χ1v) is 8.81. The maximum absolute atomic E-state index is 12.7. The molecule has 1 aliphatic rings. The van der Waals surface area contributed by atoms with Gasteiger partial charge in [-0.1, -0.05) is 24.3 Å². The molecule has 0 radical (unpaired) electrons. The van der Waals surface area contributed by atoms with Crippen molar-refractivity contribution in [2.75, 3.05) is 16.8 Å². The molecule has 0 atom stereocenters. The van der Waals surface area contributed by atoms with E-state index in [9.17, 15) is 4.79 Å². The second kappa shape index (κ2) is 6.64. The van der Waals surface area contributed by atoms with Crippen LogP contribution in [-0.2, 0) is 6.42 Å². The van der Waals surface area contributed by atoms with Crippen LogP contribution in [0.2, 0.25) is 0 Å². The van der Waals surface area contributed by atoms with Crippen molar-refractivity contribution >= 4 is 23.0 Å². The number of nitrogens with zero attached hydrogens (tertiary/aromatic N) is 2. The molecule has 1 amide bonds. The van der Waals surface area contributed by atoms with Gasteiger partial charge < -0.3 is 10.2 Å². The van der Waals surface area contributed by atoms with Gasteiger partial charge in [-0.15, -0.1) is 0 Å². The highest BCUT2D eigenvalue weighted by atomic mass is 16.1. The monoisotopic (exact) mass is 343 g/mol. The molecule has 4 heteroatoms. The molecule has 0 bridgehead atoms. The lowest BCUT2D eigenvalue weighted by atomic mass is 10.1. The normalized spacial score (nSPS) is 12.8. The van der Waals surface area contributed by atoms with Gasteiger partial charge in [0.2, 0.25) is 0 Å². The van der Waals surface area contributed by atoms with Crippen LogP contribution in [-0.4, -0.2) is 17.4 Å². The number of carbonyl (C=O) groups is 1. The summed E-state index contributed by atoms with van der Waals surface area (Å²) in [6, 6.07) is 16.2. The number of fused-ring (bicyclic) bond motifs is 1. The molecular weight excluding hydrogens is 322 g/mol. The van der Waals surface area contributed by atoms with E-state index in [0.29, 0.717) is 5.56 Å². The number of nitrogens with one attached hydrogen (secondary N) is 1. The average molecular weight is 343 g/mol. The molecule has 0 saturated heterocycles. The van der Waals surface area contributed by atoms with Crippen LogP contribution < -0.4 is 10.2 Å². The first-order chi connectivity index (χ1) is 12.6. The summed E-state index contributed by atoms with van der Waals surface area (Å²) in [5, 5.41) is 2.97. The van der Waals surface area contributed by atoms with E-state index >= 15 is 0 Å². The Labute approximate surface area is 153 Å². The van der Waals surface area contributed by atoms with Gasteiger partial charge in [0.15, 0.2) is 0 Å². The summed E-state index contributed by atoms with van der Waals surface area (Å²) in [7, 11) is 0.